The quantitative estimate of drug-likeness (QED) is 0.369. The molecule has 1 unspecified atom stereocenters. The maximum atomic E-state index is 13.1. The number of hydrogen-bond acceptors (Lipinski definition) is 8. The number of hydrogen-bond donors (Lipinski definition) is 1. The van der Waals surface area contributed by atoms with Gasteiger partial charge in [-0.2, -0.15) is 0 Å². The van der Waals surface area contributed by atoms with E-state index in [1.165, 1.54) is 42.2 Å². The molecule has 2 fully saturated rings. The first-order valence-electron chi connectivity index (χ1n) is 10.8. The molecule has 1 atom stereocenters. The fourth-order valence-corrected chi connectivity index (χ4v) is 4.28. The third-order valence-corrected chi connectivity index (χ3v) is 6.25. The van der Waals surface area contributed by atoms with E-state index >= 15 is 0 Å². The maximum absolute atomic E-state index is 13.1. The lowest BCUT2D eigenvalue weighted by Crippen LogP contribution is -2.52. The smallest absolute Gasteiger partial charge is 0.325 e. The molecule has 0 saturated carbocycles. The number of nitrogens with one attached hydrogen (secondary N) is 1. The van der Waals surface area contributed by atoms with Crippen molar-refractivity contribution in [1.82, 2.24) is 15.1 Å². The average Bonchev–Trinajstić information content (AvgIpc) is 3.08. The van der Waals surface area contributed by atoms with Gasteiger partial charge >= 0.3 is 6.03 Å². The molecule has 2 aliphatic heterocycles. The summed E-state index contributed by atoms with van der Waals surface area (Å²) in [6.07, 6.45) is 0. The minimum atomic E-state index is -1.55. The average molecular weight is 482 g/mol. The van der Waals surface area contributed by atoms with Crippen molar-refractivity contribution in [2.75, 3.05) is 37.6 Å². The standard InChI is InChI=1S/C22H22N6O7/c1-22(15-5-4-6-16(13-15)27(32)33)20(30)26(21(31)23-22)14-19(29)25-11-9-24(10-12-25)17-7-2-3-8-18(17)28(34)35/h2-8,13H,9-12,14H2,1H3,(H,23,31). The fraction of sp³-hybridized carbons (Fsp3) is 0.318. The fourth-order valence-electron chi connectivity index (χ4n) is 4.28. The first-order chi connectivity index (χ1) is 16.6. The summed E-state index contributed by atoms with van der Waals surface area (Å²) in [6, 6.07) is 11.0. The number of nitro benzene ring substituents is 2. The molecule has 4 rings (SSSR count). The monoisotopic (exact) mass is 482 g/mol. The Kier molecular flexibility index (Phi) is 6.07. The van der Waals surface area contributed by atoms with Crippen LogP contribution in [0.4, 0.5) is 21.9 Å². The van der Waals surface area contributed by atoms with Gasteiger partial charge in [-0.15, -0.1) is 0 Å². The normalized spacial score (nSPS) is 20.1. The van der Waals surface area contributed by atoms with Crippen molar-refractivity contribution in [3.05, 3.63) is 74.3 Å². The third-order valence-electron chi connectivity index (χ3n) is 6.25. The third kappa shape index (κ3) is 4.35. The Morgan fingerprint density at radius 2 is 1.69 bits per heavy atom. The van der Waals surface area contributed by atoms with E-state index in [0.717, 1.165) is 4.90 Å². The second-order valence-corrected chi connectivity index (χ2v) is 8.37. The van der Waals surface area contributed by atoms with Gasteiger partial charge in [-0.1, -0.05) is 24.3 Å². The molecule has 1 N–H and O–H groups in total. The van der Waals surface area contributed by atoms with Crippen molar-refractivity contribution in [1.29, 1.82) is 0 Å². The number of amides is 4. The summed E-state index contributed by atoms with van der Waals surface area (Å²) in [6.45, 7) is 2.17. The lowest BCUT2D eigenvalue weighted by molar-refractivity contribution is -0.385. The van der Waals surface area contributed by atoms with Crippen LogP contribution in [0.2, 0.25) is 0 Å². The van der Waals surface area contributed by atoms with E-state index in [4.69, 9.17) is 0 Å². The zero-order valence-electron chi connectivity index (χ0n) is 18.7. The Morgan fingerprint density at radius 3 is 2.34 bits per heavy atom. The summed E-state index contributed by atoms with van der Waals surface area (Å²) < 4.78 is 0. The molecule has 13 heteroatoms. The van der Waals surface area contributed by atoms with Gasteiger partial charge in [-0.25, -0.2) is 4.79 Å². The van der Waals surface area contributed by atoms with Crippen molar-refractivity contribution in [3.63, 3.8) is 0 Å². The molecule has 182 valence electrons. The summed E-state index contributed by atoms with van der Waals surface area (Å²) in [5.74, 6) is -1.13. The predicted octanol–water partition coefficient (Wildman–Crippen LogP) is 1.62. The van der Waals surface area contributed by atoms with Gasteiger partial charge in [0.15, 0.2) is 0 Å². The van der Waals surface area contributed by atoms with Crippen molar-refractivity contribution in [3.8, 4) is 0 Å². The van der Waals surface area contributed by atoms with E-state index in [1.807, 2.05) is 4.90 Å². The van der Waals surface area contributed by atoms with E-state index < -0.39 is 39.8 Å². The Morgan fingerprint density at radius 1 is 1.00 bits per heavy atom. The molecule has 2 aromatic carbocycles. The van der Waals surface area contributed by atoms with Gasteiger partial charge < -0.3 is 15.1 Å². The van der Waals surface area contributed by atoms with E-state index in [2.05, 4.69) is 5.32 Å². The Labute approximate surface area is 199 Å². The number of para-hydroxylation sites is 2. The molecule has 0 aromatic heterocycles. The van der Waals surface area contributed by atoms with Crippen LogP contribution in [0.3, 0.4) is 0 Å². The zero-order chi connectivity index (χ0) is 25.3. The lowest BCUT2D eigenvalue weighted by atomic mass is 9.91. The van der Waals surface area contributed by atoms with Crippen LogP contribution in [0, 0.1) is 20.2 Å². The number of non-ortho nitro benzene ring substituents is 1. The number of nitrogens with zero attached hydrogens (tertiary/aromatic N) is 5. The number of urea groups is 1. The van der Waals surface area contributed by atoms with Crippen molar-refractivity contribution in [2.45, 2.75) is 12.5 Å². The van der Waals surface area contributed by atoms with Gasteiger partial charge in [-0.05, 0) is 18.6 Å². The highest BCUT2D eigenvalue weighted by Crippen LogP contribution is 2.31. The topological polar surface area (TPSA) is 159 Å². The number of anilines is 1. The minimum absolute atomic E-state index is 0.0213. The summed E-state index contributed by atoms with van der Waals surface area (Å²) in [4.78, 5) is 64.0. The Hall–Kier alpha value is -4.55. The van der Waals surface area contributed by atoms with E-state index in [-0.39, 0.29) is 30.0 Å². The molecule has 35 heavy (non-hydrogen) atoms. The van der Waals surface area contributed by atoms with Crippen LogP contribution < -0.4 is 10.2 Å². The number of imide groups is 1. The van der Waals surface area contributed by atoms with Crippen LogP contribution in [0.15, 0.2) is 48.5 Å². The number of benzene rings is 2. The molecular formula is C22H22N6O7. The van der Waals surface area contributed by atoms with Crippen LogP contribution in [0.1, 0.15) is 12.5 Å². The van der Waals surface area contributed by atoms with Crippen molar-refractivity contribution >= 4 is 34.9 Å². The molecule has 13 nitrogen and oxygen atoms in total. The molecular weight excluding hydrogens is 460 g/mol. The van der Waals surface area contributed by atoms with Gasteiger partial charge in [-0.3, -0.25) is 34.7 Å². The van der Waals surface area contributed by atoms with Gasteiger partial charge in [0.05, 0.1) is 9.85 Å². The van der Waals surface area contributed by atoms with E-state index in [9.17, 15) is 34.6 Å². The Bertz CT molecular complexity index is 1230. The SMILES string of the molecule is CC1(c2cccc([N+](=O)[O-])c2)NC(=O)N(CC(=O)N2CCN(c3ccccc3[N+](=O)[O-])CC2)C1=O. The van der Waals surface area contributed by atoms with E-state index in [0.29, 0.717) is 18.8 Å². The molecule has 0 bridgehead atoms. The molecule has 2 saturated heterocycles. The highest BCUT2D eigenvalue weighted by molar-refractivity contribution is 6.09. The second-order valence-electron chi connectivity index (χ2n) is 8.37. The lowest BCUT2D eigenvalue weighted by Gasteiger charge is -2.36. The number of rotatable bonds is 6. The van der Waals surface area contributed by atoms with Gasteiger partial charge in [0, 0.05) is 44.4 Å². The number of carbonyl (C=O) groups excluding carboxylic acids is 3. The molecule has 2 aliphatic rings. The highest BCUT2D eigenvalue weighted by Gasteiger charge is 2.50. The molecule has 0 spiro atoms. The first kappa shape index (κ1) is 23.6. The predicted molar refractivity (Wildman–Crippen MR) is 123 cm³/mol. The van der Waals surface area contributed by atoms with E-state index in [1.54, 1.807) is 18.2 Å². The maximum Gasteiger partial charge on any atom is 0.325 e. The largest absolute Gasteiger partial charge is 0.362 e. The molecule has 2 heterocycles. The summed E-state index contributed by atoms with van der Waals surface area (Å²) in [5.41, 5.74) is -1.10. The van der Waals surface area contributed by atoms with Crippen molar-refractivity contribution < 1.29 is 24.2 Å². The second kappa shape index (κ2) is 9.00. The van der Waals surface area contributed by atoms with Crippen LogP contribution in [-0.4, -0.2) is 70.2 Å². The van der Waals surface area contributed by atoms with Gasteiger partial charge in [0.25, 0.3) is 17.3 Å². The van der Waals surface area contributed by atoms with Crippen LogP contribution in [0.5, 0.6) is 0 Å². The number of piperazine rings is 1. The van der Waals surface area contributed by atoms with Crippen LogP contribution in [0.25, 0.3) is 0 Å². The molecule has 4 amide bonds. The number of carbonyl (C=O) groups is 3. The first-order valence-corrected chi connectivity index (χ1v) is 10.8. The molecule has 2 aromatic rings. The minimum Gasteiger partial charge on any atom is -0.362 e. The highest BCUT2D eigenvalue weighted by atomic mass is 16.6. The van der Waals surface area contributed by atoms with Crippen LogP contribution >= 0.6 is 0 Å². The van der Waals surface area contributed by atoms with Crippen LogP contribution in [-0.2, 0) is 15.1 Å². The van der Waals surface area contributed by atoms with Gasteiger partial charge in [0.2, 0.25) is 5.91 Å². The zero-order valence-corrected chi connectivity index (χ0v) is 18.7. The summed E-state index contributed by atoms with van der Waals surface area (Å²) in [5, 5.41) is 24.9. The summed E-state index contributed by atoms with van der Waals surface area (Å²) in [7, 11) is 0. The van der Waals surface area contributed by atoms with Gasteiger partial charge in [0.1, 0.15) is 17.8 Å². The van der Waals surface area contributed by atoms with Crippen molar-refractivity contribution in [2.24, 2.45) is 0 Å². The Balaban J connectivity index is 1.42. The molecule has 0 radical (unpaired) electrons. The molecule has 0 aliphatic carbocycles. The summed E-state index contributed by atoms with van der Waals surface area (Å²) >= 11 is 0. The number of nitro groups is 2.